The second kappa shape index (κ2) is 9.96. The van der Waals surface area contributed by atoms with Crippen molar-refractivity contribution in [2.45, 2.75) is 25.4 Å². The molecule has 0 aromatic heterocycles. The summed E-state index contributed by atoms with van der Waals surface area (Å²) in [7, 11) is -3.43. The van der Waals surface area contributed by atoms with E-state index < -0.39 is 22.1 Å². The third-order valence-electron chi connectivity index (χ3n) is 5.46. The minimum Gasteiger partial charge on any atom is -0.326 e. The number of hydrogen-bond donors (Lipinski definition) is 3. The van der Waals surface area contributed by atoms with Gasteiger partial charge >= 0.3 is 6.03 Å². The number of sulfonamides is 1. The zero-order valence-electron chi connectivity index (χ0n) is 18.7. The second-order valence-electron chi connectivity index (χ2n) is 8.18. The quantitative estimate of drug-likeness (QED) is 0.502. The largest absolute Gasteiger partial charge is 0.326 e. The van der Waals surface area contributed by atoms with Gasteiger partial charge in [0.15, 0.2) is 0 Å². The van der Waals surface area contributed by atoms with Gasteiger partial charge < -0.3 is 15.5 Å². The van der Waals surface area contributed by atoms with Crippen LogP contribution in [-0.4, -0.2) is 32.7 Å². The van der Waals surface area contributed by atoms with Crippen LogP contribution >= 0.6 is 0 Å². The summed E-state index contributed by atoms with van der Waals surface area (Å²) in [6.45, 7) is 0.230. The number of anilines is 3. The lowest BCUT2D eigenvalue weighted by atomic mass is 10.1. The lowest BCUT2D eigenvalue weighted by molar-refractivity contribution is -0.120. The summed E-state index contributed by atoms with van der Waals surface area (Å²) in [6.07, 6.45) is 2.18. The van der Waals surface area contributed by atoms with Crippen LogP contribution in [0.25, 0.3) is 0 Å². The first-order valence-corrected chi connectivity index (χ1v) is 12.8. The Balaban J connectivity index is 1.57. The molecule has 4 rings (SSSR count). The number of aryl methyl sites for hydroxylation is 1. The summed E-state index contributed by atoms with van der Waals surface area (Å²) in [5.74, 6) is -0.227. The molecule has 0 fully saturated rings. The lowest BCUT2D eigenvalue weighted by Gasteiger charge is -2.26. The van der Waals surface area contributed by atoms with E-state index >= 15 is 0 Å². The molecule has 3 aromatic carbocycles. The summed E-state index contributed by atoms with van der Waals surface area (Å²) in [4.78, 5) is 27.8. The molecule has 0 saturated heterocycles. The highest BCUT2D eigenvalue weighted by atomic mass is 32.2. The van der Waals surface area contributed by atoms with Gasteiger partial charge in [-0.15, -0.1) is 0 Å². The molecule has 9 heteroatoms. The number of urea groups is 1. The number of fused-ring (bicyclic) bond motifs is 1. The van der Waals surface area contributed by atoms with E-state index in [2.05, 4.69) is 15.4 Å². The van der Waals surface area contributed by atoms with E-state index in [-0.39, 0.29) is 12.5 Å². The van der Waals surface area contributed by atoms with Gasteiger partial charge in [-0.25, -0.2) is 13.2 Å². The van der Waals surface area contributed by atoms with Gasteiger partial charge in [-0.1, -0.05) is 48.5 Å². The standard InChI is InChI=1S/C25H26N4O4S/c1-34(32,33)28-21-12-7-8-18(16-21)17-29-23-13-6-5-9-19(23)14-15-22(24(29)30)27-25(31)26-20-10-3-2-4-11-20/h2-13,16,22,28H,14-15,17H2,1H3,(H2,26,27,31). The predicted molar refractivity (Wildman–Crippen MR) is 133 cm³/mol. The molecule has 0 radical (unpaired) electrons. The minimum atomic E-state index is -3.43. The maximum absolute atomic E-state index is 13.6. The molecule has 3 amide bonds. The van der Waals surface area contributed by atoms with E-state index in [0.717, 1.165) is 23.1 Å². The monoisotopic (exact) mass is 478 g/mol. The normalized spacial score (nSPS) is 15.7. The number of para-hydroxylation sites is 2. The number of benzene rings is 3. The molecule has 1 aliphatic heterocycles. The SMILES string of the molecule is CS(=O)(=O)Nc1cccc(CN2C(=O)C(NC(=O)Nc3ccccc3)CCc3ccccc32)c1. The fourth-order valence-electron chi connectivity index (χ4n) is 3.99. The van der Waals surface area contributed by atoms with Crippen molar-refractivity contribution >= 4 is 39.0 Å². The van der Waals surface area contributed by atoms with Crippen LogP contribution < -0.4 is 20.3 Å². The van der Waals surface area contributed by atoms with Gasteiger partial charge in [-0.05, 0) is 54.3 Å². The molecule has 3 aromatic rings. The van der Waals surface area contributed by atoms with E-state index in [0.29, 0.717) is 24.2 Å². The maximum Gasteiger partial charge on any atom is 0.319 e. The van der Waals surface area contributed by atoms with Crippen molar-refractivity contribution in [3.05, 3.63) is 90.0 Å². The number of nitrogens with one attached hydrogen (secondary N) is 3. The van der Waals surface area contributed by atoms with Crippen molar-refractivity contribution in [2.75, 3.05) is 21.2 Å². The number of hydrogen-bond acceptors (Lipinski definition) is 4. The molecule has 176 valence electrons. The summed E-state index contributed by atoms with van der Waals surface area (Å²) < 4.78 is 25.7. The van der Waals surface area contributed by atoms with E-state index in [4.69, 9.17) is 0 Å². The van der Waals surface area contributed by atoms with Gasteiger partial charge in [0.1, 0.15) is 6.04 Å². The second-order valence-corrected chi connectivity index (χ2v) is 9.93. The zero-order chi connectivity index (χ0) is 24.1. The Morgan fingerprint density at radius 2 is 1.68 bits per heavy atom. The molecule has 34 heavy (non-hydrogen) atoms. The van der Waals surface area contributed by atoms with Crippen LogP contribution in [0.5, 0.6) is 0 Å². The number of nitrogens with zero attached hydrogens (tertiary/aromatic N) is 1. The van der Waals surface area contributed by atoms with Crippen molar-refractivity contribution in [3.8, 4) is 0 Å². The van der Waals surface area contributed by atoms with Crippen molar-refractivity contribution in [1.29, 1.82) is 0 Å². The number of carbonyl (C=O) groups is 2. The fourth-order valence-corrected chi connectivity index (χ4v) is 4.54. The Morgan fingerprint density at radius 3 is 2.44 bits per heavy atom. The van der Waals surface area contributed by atoms with Crippen LogP contribution in [0.3, 0.4) is 0 Å². The smallest absolute Gasteiger partial charge is 0.319 e. The Kier molecular flexibility index (Phi) is 6.83. The third kappa shape index (κ3) is 5.93. The molecular weight excluding hydrogens is 452 g/mol. The van der Waals surface area contributed by atoms with Crippen molar-refractivity contribution in [1.82, 2.24) is 5.32 Å². The van der Waals surface area contributed by atoms with E-state index in [1.165, 1.54) is 0 Å². The van der Waals surface area contributed by atoms with Crippen molar-refractivity contribution < 1.29 is 18.0 Å². The molecule has 1 heterocycles. The predicted octanol–water partition coefficient (Wildman–Crippen LogP) is 3.73. The van der Waals surface area contributed by atoms with Crippen molar-refractivity contribution in [3.63, 3.8) is 0 Å². The van der Waals surface area contributed by atoms with Crippen molar-refractivity contribution in [2.24, 2.45) is 0 Å². The average Bonchev–Trinajstić information content (AvgIpc) is 2.91. The third-order valence-corrected chi connectivity index (χ3v) is 6.06. The highest BCUT2D eigenvalue weighted by Gasteiger charge is 2.31. The molecule has 1 unspecified atom stereocenters. The number of rotatable bonds is 6. The molecule has 0 aliphatic carbocycles. The molecule has 0 bridgehead atoms. The zero-order valence-corrected chi connectivity index (χ0v) is 19.5. The van der Waals surface area contributed by atoms with Crippen LogP contribution in [0.4, 0.5) is 21.9 Å². The molecular formula is C25H26N4O4S. The highest BCUT2D eigenvalue weighted by molar-refractivity contribution is 7.92. The molecule has 1 aliphatic rings. The van der Waals surface area contributed by atoms with Gasteiger partial charge in [0, 0.05) is 17.1 Å². The van der Waals surface area contributed by atoms with Gasteiger partial charge in [-0.2, -0.15) is 0 Å². The summed E-state index contributed by atoms with van der Waals surface area (Å²) in [5.41, 5.74) is 3.60. The number of amides is 3. The van der Waals surface area contributed by atoms with E-state index in [9.17, 15) is 18.0 Å². The molecule has 0 saturated carbocycles. The van der Waals surface area contributed by atoms with Crippen LogP contribution in [-0.2, 0) is 27.8 Å². The first-order chi connectivity index (χ1) is 16.3. The first-order valence-electron chi connectivity index (χ1n) is 10.9. The first kappa shape index (κ1) is 23.3. The summed E-state index contributed by atoms with van der Waals surface area (Å²) in [6, 6.07) is 22.5. The highest BCUT2D eigenvalue weighted by Crippen LogP contribution is 2.29. The van der Waals surface area contributed by atoms with Gasteiger partial charge in [0.25, 0.3) is 0 Å². The number of carbonyl (C=O) groups excluding carboxylic acids is 2. The molecule has 1 atom stereocenters. The van der Waals surface area contributed by atoms with E-state index in [1.54, 1.807) is 35.2 Å². The van der Waals surface area contributed by atoms with Crippen LogP contribution in [0.1, 0.15) is 17.5 Å². The fraction of sp³-hybridized carbons (Fsp3) is 0.200. The summed E-state index contributed by atoms with van der Waals surface area (Å²) >= 11 is 0. The Bertz CT molecular complexity index is 1300. The van der Waals surface area contributed by atoms with Crippen LogP contribution in [0.2, 0.25) is 0 Å². The molecule has 8 nitrogen and oxygen atoms in total. The Morgan fingerprint density at radius 1 is 0.971 bits per heavy atom. The molecule has 0 spiro atoms. The van der Waals surface area contributed by atoms with Gasteiger partial charge in [0.05, 0.1) is 12.8 Å². The van der Waals surface area contributed by atoms with Gasteiger partial charge in [-0.3, -0.25) is 9.52 Å². The minimum absolute atomic E-state index is 0.227. The van der Waals surface area contributed by atoms with Crippen LogP contribution in [0, 0.1) is 0 Å². The Hall–Kier alpha value is -3.85. The maximum atomic E-state index is 13.6. The lowest BCUT2D eigenvalue weighted by Crippen LogP contribution is -2.49. The Labute approximate surface area is 199 Å². The van der Waals surface area contributed by atoms with Crippen LogP contribution in [0.15, 0.2) is 78.9 Å². The molecule has 3 N–H and O–H groups in total. The summed E-state index contributed by atoms with van der Waals surface area (Å²) in [5, 5.41) is 5.58. The van der Waals surface area contributed by atoms with E-state index in [1.807, 2.05) is 48.5 Å². The topological polar surface area (TPSA) is 108 Å². The average molecular weight is 479 g/mol. The van der Waals surface area contributed by atoms with Gasteiger partial charge in [0.2, 0.25) is 15.9 Å².